The van der Waals surface area contributed by atoms with Crippen LogP contribution < -0.4 is 10.6 Å². The molecular formula is C24H26IN5O2S. The van der Waals surface area contributed by atoms with Crippen LogP contribution in [0.3, 0.4) is 0 Å². The summed E-state index contributed by atoms with van der Waals surface area (Å²) in [6, 6.07) is 6.76. The van der Waals surface area contributed by atoms with Crippen LogP contribution in [-0.2, 0) is 4.79 Å². The molecule has 0 aliphatic carbocycles. The highest BCUT2D eigenvalue weighted by atomic mass is 127. The minimum Gasteiger partial charge on any atom is -0.376 e. The van der Waals surface area contributed by atoms with Crippen LogP contribution in [0, 0.1) is 20.8 Å². The molecule has 0 spiro atoms. The smallest absolute Gasteiger partial charge is 0.253 e. The number of carbonyl (C=O) groups is 2. The fourth-order valence-corrected chi connectivity index (χ4v) is 4.97. The summed E-state index contributed by atoms with van der Waals surface area (Å²) >= 11 is 3.72. The molecule has 2 aromatic rings. The lowest BCUT2D eigenvalue weighted by Gasteiger charge is -2.20. The predicted molar refractivity (Wildman–Crippen MR) is 139 cm³/mol. The van der Waals surface area contributed by atoms with E-state index in [1.807, 2.05) is 44.5 Å². The molecular weight excluding hydrogens is 549 g/mol. The van der Waals surface area contributed by atoms with Crippen molar-refractivity contribution in [3.8, 4) is 17.3 Å². The molecule has 2 heterocycles. The van der Waals surface area contributed by atoms with Crippen LogP contribution in [0.2, 0.25) is 0 Å². The van der Waals surface area contributed by atoms with Crippen molar-refractivity contribution < 1.29 is 9.59 Å². The normalized spacial score (nSPS) is 13.9. The van der Waals surface area contributed by atoms with E-state index in [1.54, 1.807) is 17.4 Å². The molecule has 0 saturated heterocycles. The number of nitriles is 1. The van der Waals surface area contributed by atoms with Crippen molar-refractivity contribution in [2.24, 2.45) is 5.92 Å². The van der Waals surface area contributed by atoms with Gasteiger partial charge in [-0.3, -0.25) is 9.59 Å². The maximum atomic E-state index is 12.9. The van der Waals surface area contributed by atoms with Gasteiger partial charge in [0.15, 0.2) is 0 Å². The second-order valence-corrected chi connectivity index (χ2v) is 10.2. The Morgan fingerprint density at radius 2 is 2.15 bits per heavy atom. The summed E-state index contributed by atoms with van der Waals surface area (Å²) in [6.07, 6.45) is 6.76. The Kier molecular flexibility index (Phi) is 8.63. The maximum Gasteiger partial charge on any atom is 0.253 e. The van der Waals surface area contributed by atoms with Gasteiger partial charge in [-0.2, -0.15) is 5.26 Å². The Balaban J connectivity index is 1.76. The van der Waals surface area contributed by atoms with E-state index >= 15 is 0 Å². The third-order valence-electron chi connectivity index (χ3n) is 4.98. The Morgan fingerprint density at radius 3 is 2.82 bits per heavy atom. The van der Waals surface area contributed by atoms with Crippen LogP contribution in [-0.4, -0.2) is 47.9 Å². The number of amides is 2. The number of hydrogen-bond donors (Lipinski definition) is 2. The van der Waals surface area contributed by atoms with Crippen LogP contribution in [0.5, 0.6) is 0 Å². The molecule has 0 fully saturated rings. The minimum atomic E-state index is -0.697. The standard InChI is InChI=1S/C24H26IN5O2S/c1-15(2)11-20(23(32)27-9-8-26)28-22(31)18-7-6-16(12-19(18)25)21-14-33-24(29-21)17-5-4-10-30(3)13-17/h4-7,12-15,20H,9-11H2,1-3H3,(H,27,32)(H,28,31)/t20-/m0/s1. The Morgan fingerprint density at radius 1 is 1.36 bits per heavy atom. The zero-order valence-corrected chi connectivity index (χ0v) is 21.7. The minimum absolute atomic E-state index is 0.0891. The van der Waals surface area contributed by atoms with Gasteiger partial charge in [0.25, 0.3) is 5.91 Å². The van der Waals surface area contributed by atoms with Gasteiger partial charge in [-0.1, -0.05) is 32.1 Å². The number of benzene rings is 1. The van der Waals surface area contributed by atoms with Gasteiger partial charge in [0.2, 0.25) is 5.91 Å². The highest BCUT2D eigenvalue weighted by Crippen LogP contribution is 2.29. The van der Waals surface area contributed by atoms with Crippen molar-refractivity contribution in [3.63, 3.8) is 0 Å². The molecule has 0 radical (unpaired) electrons. The number of carbonyl (C=O) groups excluding carboxylic acids is 2. The van der Waals surface area contributed by atoms with E-state index in [0.29, 0.717) is 12.0 Å². The first kappa shape index (κ1) is 24.9. The molecule has 0 saturated carbocycles. The van der Waals surface area contributed by atoms with E-state index in [4.69, 9.17) is 10.2 Å². The fourth-order valence-electron chi connectivity index (χ4n) is 3.39. The van der Waals surface area contributed by atoms with Crippen molar-refractivity contribution in [1.82, 2.24) is 20.5 Å². The molecule has 33 heavy (non-hydrogen) atoms. The maximum absolute atomic E-state index is 12.9. The van der Waals surface area contributed by atoms with Gasteiger partial charge < -0.3 is 15.5 Å². The first-order chi connectivity index (χ1) is 15.8. The van der Waals surface area contributed by atoms with Crippen molar-refractivity contribution >= 4 is 51.3 Å². The number of likely N-dealkylation sites (N-methyl/N-ethyl adjacent to an activating group) is 1. The molecule has 1 atom stereocenters. The monoisotopic (exact) mass is 575 g/mol. The molecule has 1 aliphatic rings. The molecule has 3 rings (SSSR count). The Hall–Kier alpha value is -2.71. The average molecular weight is 575 g/mol. The van der Waals surface area contributed by atoms with E-state index in [0.717, 1.165) is 32.0 Å². The lowest BCUT2D eigenvalue weighted by molar-refractivity contribution is -0.123. The van der Waals surface area contributed by atoms with Gasteiger partial charge in [0.05, 0.1) is 17.3 Å². The number of rotatable bonds is 8. The number of aromatic nitrogens is 1. The Labute approximate surface area is 211 Å². The molecule has 7 nitrogen and oxygen atoms in total. The predicted octanol–water partition coefficient (Wildman–Crippen LogP) is 4.04. The summed E-state index contributed by atoms with van der Waals surface area (Å²) in [4.78, 5) is 32.2. The van der Waals surface area contributed by atoms with Crippen molar-refractivity contribution in [1.29, 1.82) is 5.26 Å². The second-order valence-electron chi connectivity index (χ2n) is 8.19. The van der Waals surface area contributed by atoms with E-state index in [2.05, 4.69) is 56.5 Å². The van der Waals surface area contributed by atoms with E-state index in [9.17, 15) is 9.59 Å². The summed E-state index contributed by atoms with van der Waals surface area (Å²) in [7, 11) is 2.03. The van der Waals surface area contributed by atoms with Gasteiger partial charge in [-0.05, 0) is 47.1 Å². The lowest BCUT2D eigenvalue weighted by Crippen LogP contribution is -2.47. The van der Waals surface area contributed by atoms with Gasteiger partial charge >= 0.3 is 0 Å². The molecule has 0 bridgehead atoms. The number of allylic oxidation sites excluding steroid dienone is 2. The van der Waals surface area contributed by atoms with E-state index < -0.39 is 6.04 Å². The van der Waals surface area contributed by atoms with Crippen LogP contribution in [0.15, 0.2) is 41.9 Å². The quantitative estimate of drug-likeness (QED) is 0.366. The largest absolute Gasteiger partial charge is 0.376 e. The first-order valence-corrected chi connectivity index (χ1v) is 12.5. The van der Waals surface area contributed by atoms with Crippen LogP contribution in [0.25, 0.3) is 16.8 Å². The summed E-state index contributed by atoms with van der Waals surface area (Å²) in [5.74, 6) is -0.461. The number of nitrogens with zero attached hydrogens (tertiary/aromatic N) is 3. The summed E-state index contributed by atoms with van der Waals surface area (Å²) in [5.41, 5.74) is 3.36. The number of halogens is 1. The zero-order chi connectivity index (χ0) is 24.0. The van der Waals surface area contributed by atoms with Crippen LogP contribution in [0.1, 0.15) is 35.6 Å². The van der Waals surface area contributed by atoms with Gasteiger partial charge in [0.1, 0.15) is 17.6 Å². The SMILES string of the molecule is CC(C)C[C@H](NC(=O)c1ccc(-c2csc(C3=CN(C)CC=C3)n2)cc1I)C(=O)NCC#N. The third-order valence-corrected chi connectivity index (χ3v) is 6.77. The lowest BCUT2D eigenvalue weighted by atomic mass is 10.0. The van der Waals surface area contributed by atoms with Gasteiger partial charge in [0, 0.05) is 39.9 Å². The van der Waals surface area contributed by atoms with E-state index in [-0.39, 0.29) is 24.3 Å². The van der Waals surface area contributed by atoms with Crippen molar-refractivity contribution in [3.05, 3.63) is 56.1 Å². The highest BCUT2D eigenvalue weighted by molar-refractivity contribution is 14.1. The molecule has 172 valence electrons. The number of thiazole rings is 1. The van der Waals surface area contributed by atoms with Crippen LogP contribution in [0.4, 0.5) is 0 Å². The number of hydrogen-bond acceptors (Lipinski definition) is 6. The van der Waals surface area contributed by atoms with E-state index in [1.165, 1.54) is 0 Å². The highest BCUT2D eigenvalue weighted by Gasteiger charge is 2.23. The first-order valence-electron chi connectivity index (χ1n) is 10.6. The molecule has 1 aliphatic heterocycles. The average Bonchev–Trinajstić information content (AvgIpc) is 3.27. The number of nitrogens with one attached hydrogen (secondary N) is 2. The van der Waals surface area contributed by atoms with Crippen molar-refractivity contribution in [2.45, 2.75) is 26.3 Å². The third kappa shape index (κ3) is 6.65. The molecule has 2 amide bonds. The van der Waals surface area contributed by atoms with Crippen molar-refractivity contribution in [2.75, 3.05) is 20.1 Å². The molecule has 1 aromatic carbocycles. The Bertz CT molecular complexity index is 1130. The van der Waals surface area contributed by atoms with Crippen LogP contribution >= 0.6 is 33.9 Å². The van der Waals surface area contributed by atoms with Gasteiger partial charge in [-0.15, -0.1) is 11.3 Å². The molecule has 0 unspecified atom stereocenters. The fraction of sp³-hybridized carbons (Fsp3) is 0.333. The molecule has 9 heteroatoms. The zero-order valence-electron chi connectivity index (χ0n) is 18.8. The van der Waals surface area contributed by atoms with Gasteiger partial charge in [-0.25, -0.2) is 4.98 Å². The summed E-state index contributed by atoms with van der Waals surface area (Å²) < 4.78 is 0.773. The molecule has 1 aromatic heterocycles. The summed E-state index contributed by atoms with van der Waals surface area (Å²) in [6.45, 7) is 4.76. The topological polar surface area (TPSA) is 98.1 Å². The summed E-state index contributed by atoms with van der Waals surface area (Å²) in [5, 5.41) is 17.0. The molecule has 2 N–H and O–H groups in total. The second kappa shape index (κ2) is 11.4.